The fraction of sp³-hybridized carbons (Fsp3) is 0.286. The molecule has 0 bridgehead atoms. The van der Waals surface area contributed by atoms with Gasteiger partial charge in [-0.1, -0.05) is 12.1 Å². The van der Waals surface area contributed by atoms with Crippen LogP contribution >= 0.6 is 22.6 Å². The maximum atomic E-state index is 12.1. The number of halogens is 1. The lowest BCUT2D eigenvalue weighted by Crippen LogP contribution is -2.32. The summed E-state index contributed by atoms with van der Waals surface area (Å²) in [6.45, 7) is 3.66. The highest BCUT2D eigenvalue weighted by Gasteiger charge is 2.19. The molecule has 2 aromatic rings. The summed E-state index contributed by atoms with van der Waals surface area (Å²) in [4.78, 5) is 12.1. The van der Waals surface area contributed by atoms with Crippen molar-refractivity contribution in [3.63, 3.8) is 0 Å². The first kappa shape index (κ1) is 14.8. The molecule has 0 fully saturated rings. The lowest BCUT2D eigenvalue weighted by Gasteiger charge is -2.16. The van der Waals surface area contributed by atoms with E-state index < -0.39 is 6.10 Å². The number of anilines is 1. The molecule has 5 nitrogen and oxygen atoms in total. The summed E-state index contributed by atoms with van der Waals surface area (Å²) < 4.78 is 11.7. The number of hydrogen-bond donors (Lipinski definition) is 1. The van der Waals surface area contributed by atoms with Gasteiger partial charge in [0.1, 0.15) is 11.5 Å². The number of carbonyl (C=O) groups excluding carboxylic acids is 1. The van der Waals surface area contributed by atoms with Crippen molar-refractivity contribution >= 4 is 34.3 Å². The SMILES string of the molecule is CCC(Oc1ccc(I)cc1)C(=O)Nc1cc(C)on1. The van der Waals surface area contributed by atoms with Gasteiger partial charge in [0.05, 0.1) is 0 Å². The predicted octanol–water partition coefficient (Wildman–Crippen LogP) is 3.38. The lowest BCUT2D eigenvalue weighted by molar-refractivity contribution is -0.122. The summed E-state index contributed by atoms with van der Waals surface area (Å²) in [5, 5.41) is 6.40. The zero-order valence-corrected chi connectivity index (χ0v) is 13.4. The highest BCUT2D eigenvalue weighted by molar-refractivity contribution is 14.1. The minimum atomic E-state index is -0.563. The molecule has 1 unspecified atom stereocenters. The molecule has 1 N–H and O–H groups in total. The fourth-order valence-corrected chi connectivity index (χ4v) is 1.99. The van der Waals surface area contributed by atoms with E-state index in [1.807, 2.05) is 31.2 Å². The van der Waals surface area contributed by atoms with Gasteiger partial charge in [0.25, 0.3) is 5.91 Å². The molecule has 0 saturated carbocycles. The van der Waals surface area contributed by atoms with E-state index >= 15 is 0 Å². The average Bonchev–Trinajstić information content (AvgIpc) is 2.83. The van der Waals surface area contributed by atoms with Crippen molar-refractivity contribution in [2.75, 3.05) is 5.32 Å². The average molecular weight is 386 g/mol. The molecule has 0 spiro atoms. The predicted molar refractivity (Wildman–Crippen MR) is 83.7 cm³/mol. The Balaban J connectivity index is 2.00. The summed E-state index contributed by atoms with van der Waals surface area (Å²) in [5.41, 5.74) is 0. The third kappa shape index (κ3) is 3.96. The van der Waals surface area contributed by atoms with Gasteiger partial charge in [-0.05, 0) is 60.2 Å². The van der Waals surface area contributed by atoms with E-state index in [2.05, 4.69) is 33.1 Å². The third-order valence-electron chi connectivity index (χ3n) is 2.63. The Labute approximate surface area is 130 Å². The fourth-order valence-electron chi connectivity index (χ4n) is 1.63. The van der Waals surface area contributed by atoms with Gasteiger partial charge in [0.2, 0.25) is 0 Å². The minimum absolute atomic E-state index is 0.237. The second kappa shape index (κ2) is 6.74. The number of amides is 1. The van der Waals surface area contributed by atoms with Crippen LogP contribution in [0.1, 0.15) is 19.1 Å². The number of benzene rings is 1. The Morgan fingerprint density at radius 3 is 2.70 bits per heavy atom. The quantitative estimate of drug-likeness (QED) is 0.801. The smallest absolute Gasteiger partial charge is 0.266 e. The van der Waals surface area contributed by atoms with Crippen LogP contribution in [0.4, 0.5) is 5.82 Å². The monoisotopic (exact) mass is 386 g/mol. The van der Waals surface area contributed by atoms with Gasteiger partial charge in [0, 0.05) is 9.64 Å². The summed E-state index contributed by atoms with van der Waals surface area (Å²) in [6.07, 6.45) is 0.00124. The normalized spacial score (nSPS) is 11.9. The van der Waals surface area contributed by atoms with Crippen LogP contribution in [0.15, 0.2) is 34.9 Å². The number of aromatic nitrogens is 1. The molecule has 0 aliphatic carbocycles. The van der Waals surface area contributed by atoms with Gasteiger partial charge < -0.3 is 14.6 Å². The van der Waals surface area contributed by atoms with Gasteiger partial charge in [-0.3, -0.25) is 4.79 Å². The maximum Gasteiger partial charge on any atom is 0.266 e. The zero-order chi connectivity index (χ0) is 14.5. The third-order valence-corrected chi connectivity index (χ3v) is 3.35. The van der Waals surface area contributed by atoms with Crippen molar-refractivity contribution in [2.45, 2.75) is 26.4 Å². The van der Waals surface area contributed by atoms with E-state index in [1.54, 1.807) is 13.0 Å². The first-order chi connectivity index (χ1) is 9.58. The molecule has 0 radical (unpaired) electrons. The van der Waals surface area contributed by atoms with Crippen molar-refractivity contribution < 1.29 is 14.1 Å². The number of nitrogens with zero attached hydrogens (tertiary/aromatic N) is 1. The molecule has 106 valence electrons. The second-order valence-electron chi connectivity index (χ2n) is 4.28. The minimum Gasteiger partial charge on any atom is -0.481 e. The molecule has 20 heavy (non-hydrogen) atoms. The van der Waals surface area contributed by atoms with Crippen molar-refractivity contribution in [1.82, 2.24) is 5.16 Å². The molecule has 0 aliphatic rings. The first-order valence-corrected chi connectivity index (χ1v) is 7.32. The summed E-state index contributed by atoms with van der Waals surface area (Å²) in [6, 6.07) is 9.22. The molecule has 6 heteroatoms. The van der Waals surface area contributed by atoms with Crippen LogP contribution in [0.3, 0.4) is 0 Å². The number of aryl methyl sites for hydroxylation is 1. The Hall–Kier alpha value is -1.57. The highest BCUT2D eigenvalue weighted by atomic mass is 127. The van der Waals surface area contributed by atoms with E-state index in [0.29, 0.717) is 23.7 Å². The lowest BCUT2D eigenvalue weighted by atomic mass is 10.2. The largest absolute Gasteiger partial charge is 0.481 e. The molecular formula is C14H15IN2O3. The van der Waals surface area contributed by atoms with Crippen molar-refractivity contribution in [2.24, 2.45) is 0 Å². The number of ether oxygens (including phenoxy) is 1. The van der Waals surface area contributed by atoms with E-state index in [4.69, 9.17) is 9.26 Å². The second-order valence-corrected chi connectivity index (χ2v) is 5.53. The number of nitrogens with one attached hydrogen (secondary N) is 1. The van der Waals surface area contributed by atoms with Crippen LogP contribution in [0.2, 0.25) is 0 Å². The molecule has 1 heterocycles. The van der Waals surface area contributed by atoms with Crippen LogP contribution in [0.5, 0.6) is 5.75 Å². The van der Waals surface area contributed by atoms with Gasteiger partial charge in [-0.15, -0.1) is 0 Å². The van der Waals surface area contributed by atoms with Gasteiger partial charge in [0.15, 0.2) is 11.9 Å². The van der Waals surface area contributed by atoms with E-state index in [1.165, 1.54) is 0 Å². The number of carbonyl (C=O) groups is 1. The summed E-state index contributed by atoms with van der Waals surface area (Å²) in [5.74, 6) is 1.48. The van der Waals surface area contributed by atoms with Gasteiger partial charge in [-0.2, -0.15) is 0 Å². The zero-order valence-electron chi connectivity index (χ0n) is 11.2. The molecular weight excluding hydrogens is 371 g/mol. The van der Waals surface area contributed by atoms with E-state index in [9.17, 15) is 4.79 Å². The molecule has 0 aliphatic heterocycles. The molecule has 1 atom stereocenters. The van der Waals surface area contributed by atoms with Crippen molar-refractivity contribution in [3.05, 3.63) is 39.7 Å². The Morgan fingerprint density at radius 2 is 2.15 bits per heavy atom. The number of rotatable bonds is 5. The molecule has 1 amide bonds. The Morgan fingerprint density at radius 1 is 1.45 bits per heavy atom. The summed E-state index contributed by atoms with van der Waals surface area (Å²) >= 11 is 2.22. The first-order valence-electron chi connectivity index (χ1n) is 6.25. The van der Waals surface area contributed by atoms with Crippen LogP contribution in [-0.2, 0) is 4.79 Å². The molecule has 1 aromatic heterocycles. The van der Waals surface area contributed by atoms with Gasteiger partial charge in [-0.25, -0.2) is 0 Å². The van der Waals surface area contributed by atoms with E-state index in [0.717, 1.165) is 3.57 Å². The highest BCUT2D eigenvalue weighted by Crippen LogP contribution is 2.17. The summed E-state index contributed by atoms with van der Waals surface area (Å²) in [7, 11) is 0. The Kier molecular flexibility index (Phi) is 4.99. The van der Waals surface area contributed by atoms with Crippen LogP contribution < -0.4 is 10.1 Å². The maximum absolute atomic E-state index is 12.1. The van der Waals surface area contributed by atoms with Crippen LogP contribution in [0.25, 0.3) is 0 Å². The number of hydrogen-bond acceptors (Lipinski definition) is 4. The van der Waals surface area contributed by atoms with Crippen LogP contribution in [0, 0.1) is 10.5 Å². The van der Waals surface area contributed by atoms with E-state index in [-0.39, 0.29) is 5.91 Å². The van der Waals surface area contributed by atoms with Crippen molar-refractivity contribution in [3.8, 4) is 5.75 Å². The molecule has 0 saturated heterocycles. The van der Waals surface area contributed by atoms with Crippen LogP contribution in [-0.4, -0.2) is 17.2 Å². The van der Waals surface area contributed by atoms with Crippen molar-refractivity contribution in [1.29, 1.82) is 0 Å². The topological polar surface area (TPSA) is 64.4 Å². The molecule has 2 rings (SSSR count). The Bertz CT molecular complexity index is 580. The standard InChI is InChI=1S/C14H15IN2O3/c1-3-12(19-11-6-4-10(15)5-7-11)14(18)16-13-8-9(2)20-17-13/h4-8,12H,3H2,1-2H3,(H,16,17,18). The van der Waals surface area contributed by atoms with Gasteiger partial charge >= 0.3 is 0 Å². The molecule has 1 aromatic carbocycles.